The molecule has 0 spiro atoms. The molecule has 5 nitrogen and oxygen atoms in total. The van der Waals surface area contributed by atoms with Crippen molar-refractivity contribution in [3.05, 3.63) is 0 Å². The van der Waals surface area contributed by atoms with E-state index >= 15 is 0 Å². The van der Waals surface area contributed by atoms with Gasteiger partial charge in [-0.3, -0.25) is 4.79 Å². The molecule has 0 aromatic heterocycles. The molecule has 0 bridgehead atoms. The Morgan fingerprint density at radius 3 is 2.63 bits per heavy atom. The highest BCUT2D eigenvalue weighted by atomic mass is 32.2. The molecular formula is C13H25N3O2S. The lowest BCUT2D eigenvalue weighted by Gasteiger charge is -2.46. The normalized spacial score (nSPS) is 28.6. The molecule has 0 radical (unpaired) electrons. The Morgan fingerprint density at radius 2 is 2.21 bits per heavy atom. The van der Waals surface area contributed by atoms with Crippen molar-refractivity contribution in [2.45, 2.75) is 39.2 Å². The second-order valence-corrected chi connectivity index (χ2v) is 6.61. The van der Waals surface area contributed by atoms with Gasteiger partial charge in [0.25, 0.3) is 0 Å². The predicted octanol–water partition coefficient (Wildman–Crippen LogP) is 1.75. The molecule has 0 aromatic carbocycles. The fraction of sp³-hybridized carbons (Fsp3) is 0.846. The number of amides is 1. The summed E-state index contributed by atoms with van der Waals surface area (Å²) in [7, 11) is 1.81. The summed E-state index contributed by atoms with van der Waals surface area (Å²) in [4.78, 5) is 14.4. The molecule has 1 amide bonds. The van der Waals surface area contributed by atoms with Crippen molar-refractivity contribution in [3.63, 3.8) is 0 Å². The Hall–Kier alpha value is -0.910. The van der Waals surface area contributed by atoms with Gasteiger partial charge in [0.15, 0.2) is 5.84 Å². The van der Waals surface area contributed by atoms with Crippen LogP contribution in [0.1, 0.15) is 33.1 Å². The van der Waals surface area contributed by atoms with Crippen molar-refractivity contribution in [2.75, 3.05) is 19.1 Å². The number of hydrogen-bond donors (Lipinski definition) is 2. The number of nitrogens with zero attached hydrogens (tertiary/aromatic N) is 2. The molecule has 6 heteroatoms. The molecule has 0 saturated heterocycles. The average Bonchev–Trinajstić information content (AvgIpc) is 2.38. The summed E-state index contributed by atoms with van der Waals surface area (Å²) < 4.78 is 0. The second kappa shape index (κ2) is 6.50. The van der Waals surface area contributed by atoms with Crippen LogP contribution in [0.15, 0.2) is 5.16 Å². The van der Waals surface area contributed by atoms with E-state index in [0.29, 0.717) is 18.8 Å². The molecule has 0 heterocycles. The van der Waals surface area contributed by atoms with Gasteiger partial charge in [-0.05, 0) is 44.1 Å². The molecule has 1 rings (SSSR count). The minimum absolute atomic E-state index is 0.0190. The van der Waals surface area contributed by atoms with E-state index in [1.165, 1.54) is 0 Å². The largest absolute Gasteiger partial charge is 0.409 e. The number of amidine groups is 1. The van der Waals surface area contributed by atoms with Crippen LogP contribution in [0.4, 0.5) is 0 Å². The van der Waals surface area contributed by atoms with Gasteiger partial charge in [0.2, 0.25) is 5.91 Å². The van der Waals surface area contributed by atoms with Gasteiger partial charge in [0, 0.05) is 13.1 Å². The fourth-order valence-electron chi connectivity index (χ4n) is 2.74. The third-order valence-corrected chi connectivity index (χ3v) is 4.77. The van der Waals surface area contributed by atoms with Crippen molar-refractivity contribution < 1.29 is 10.0 Å². The third-order valence-electron chi connectivity index (χ3n) is 4.12. The average molecular weight is 287 g/mol. The summed E-state index contributed by atoms with van der Waals surface area (Å²) >= 11 is 1.77. The summed E-state index contributed by atoms with van der Waals surface area (Å²) in [5, 5.41) is 12.0. The summed E-state index contributed by atoms with van der Waals surface area (Å²) in [5.74, 6) is 1.50. The van der Waals surface area contributed by atoms with E-state index in [0.717, 1.165) is 12.2 Å². The zero-order chi connectivity index (χ0) is 14.6. The molecule has 1 aliphatic rings. The van der Waals surface area contributed by atoms with E-state index in [2.05, 4.69) is 18.3 Å². The first-order valence-corrected chi connectivity index (χ1v) is 8.02. The number of thioether (sulfide) groups is 1. The van der Waals surface area contributed by atoms with Crippen LogP contribution >= 0.6 is 11.8 Å². The van der Waals surface area contributed by atoms with Crippen LogP contribution in [0, 0.1) is 11.3 Å². The first-order valence-electron chi connectivity index (χ1n) is 6.63. The lowest BCUT2D eigenvalue weighted by Crippen LogP contribution is -2.58. The Kier molecular flexibility index (Phi) is 5.52. The standard InChI is InChI=1S/C13H25N3O2S/c1-9-7-13(8-9,11(14)15-18)12(17)16(3)10(2)5-6-19-4/h9-10,18H,5-8H2,1-4H3,(H2,14,15). The second-order valence-electron chi connectivity index (χ2n) is 5.63. The first-order chi connectivity index (χ1) is 8.89. The van der Waals surface area contributed by atoms with Crippen molar-refractivity contribution in [1.82, 2.24) is 4.90 Å². The Labute approximate surface area is 119 Å². The van der Waals surface area contributed by atoms with Crippen LogP contribution in [-0.2, 0) is 4.79 Å². The molecule has 1 fully saturated rings. The molecule has 0 aliphatic heterocycles. The molecule has 110 valence electrons. The Balaban J connectivity index is 2.78. The minimum Gasteiger partial charge on any atom is -0.409 e. The van der Waals surface area contributed by atoms with Crippen LogP contribution in [-0.4, -0.2) is 46.9 Å². The molecule has 1 atom stereocenters. The maximum atomic E-state index is 12.6. The first kappa shape index (κ1) is 16.1. The van der Waals surface area contributed by atoms with Gasteiger partial charge < -0.3 is 15.8 Å². The van der Waals surface area contributed by atoms with E-state index in [1.54, 1.807) is 16.7 Å². The predicted molar refractivity (Wildman–Crippen MR) is 79.5 cm³/mol. The fourth-order valence-corrected chi connectivity index (χ4v) is 3.32. The molecular weight excluding hydrogens is 262 g/mol. The van der Waals surface area contributed by atoms with E-state index in [9.17, 15) is 4.79 Å². The van der Waals surface area contributed by atoms with Crippen molar-refractivity contribution in [3.8, 4) is 0 Å². The molecule has 1 unspecified atom stereocenters. The summed E-state index contributed by atoms with van der Waals surface area (Å²) in [6, 6.07) is 0.166. The highest BCUT2D eigenvalue weighted by Crippen LogP contribution is 2.47. The number of rotatable bonds is 6. The third kappa shape index (κ3) is 3.16. The lowest BCUT2D eigenvalue weighted by atomic mass is 9.61. The van der Waals surface area contributed by atoms with Gasteiger partial charge in [-0.2, -0.15) is 11.8 Å². The minimum atomic E-state index is -0.781. The van der Waals surface area contributed by atoms with Crippen LogP contribution < -0.4 is 5.73 Å². The van der Waals surface area contributed by atoms with Gasteiger partial charge in [-0.25, -0.2) is 0 Å². The van der Waals surface area contributed by atoms with Crippen LogP contribution in [0.25, 0.3) is 0 Å². The summed E-state index contributed by atoms with van der Waals surface area (Å²) in [6.45, 7) is 4.11. The zero-order valence-corrected chi connectivity index (χ0v) is 13.0. The molecule has 0 aromatic rings. The Morgan fingerprint density at radius 1 is 1.63 bits per heavy atom. The number of hydrogen-bond acceptors (Lipinski definition) is 4. The molecule has 1 saturated carbocycles. The van der Waals surface area contributed by atoms with Gasteiger partial charge in [0.1, 0.15) is 5.41 Å². The smallest absolute Gasteiger partial charge is 0.236 e. The van der Waals surface area contributed by atoms with E-state index in [4.69, 9.17) is 10.9 Å². The van der Waals surface area contributed by atoms with Gasteiger partial charge in [-0.15, -0.1) is 0 Å². The van der Waals surface area contributed by atoms with E-state index in [1.807, 2.05) is 14.0 Å². The molecule has 19 heavy (non-hydrogen) atoms. The lowest BCUT2D eigenvalue weighted by molar-refractivity contribution is -0.145. The number of carbonyl (C=O) groups excluding carboxylic acids is 1. The molecule has 1 aliphatic carbocycles. The highest BCUT2D eigenvalue weighted by molar-refractivity contribution is 7.98. The summed E-state index contributed by atoms with van der Waals surface area (Å²) in [5.41, 5.74) is 4.98. The van der Waals surface area contributed by atoms with Crippen molar-refractivity contribution in [2.24, 2.45) is 22.2 Å². The zero-order valence-electron chi connectivity index (χ0n) is 12.2. The number of oxime groups is 1. The van der Waals surface area contributed by atoms with Gasteiger partial charge >= 0.3 is 0 Å². The Bertz CT molecular complexity index is 354. The number of carbonyl (C=O) groups is 1. The number of nitrogens with two attached hydrogens (primary N) is 1. The van der Waals surface area contributed by atoms with Crippen LogP contribution in [0.2, 0.25) is 0 Å². The molecule has 3 N–H and O–H groups in total. The van der Waals surface area contributed by atoms with Crippen molar-refractivity contribution >= 4 is 23.5 Å². The van der Waals surface area contributed by atoms with E-state index in [-0.39, 0.29) is 17.8 Å². The SMILES string of the molecule is CSCCC(C)N(C)C(=O)C1(C(N)=NO)CC(C)C1. The van der Waals surface area contributed by atoms with Gasteiger partial charge in [0.05, 0.1) is 0 Å². The monoisotopic (exact) mass is 287 g/mol. The highest BCUT2D eigenvalue weighted by Gasteiger charge is 2.53. The van der Waals surface area contributed by atoms with Gasteiger partial charge in [-0.1, -0.05) is 12.1 Å². The van der Waals surface area contributed by atoms with Crippen molar-refractivity contribution in [1.29, 1.82) is 0 Å². The van der Waals surface area contributed by atoms with Crippen LogP contribution in [0.3, 0.4) is 0 Å². The topological polar surface area (TPSA) is 78.9 Å². The maximum absolute atomic E-state index is 12.6. The van der Waals surface area contributed by atoms with Crippen LogP contribution in [0.5, 0.6) is 0 Å². The quantitative estimate of drug-likeness (QED) is 0.337. The maximum Gasteiger partial charge on any atom is 0.236 e. The summed E-state index contributed by atoms with van der Waals surface area (Å²) in [6.07, 6.45) is 4.34. The van der Waals surface area contributed by atoms with E-state index < -0.39 is 5.41 Å².